The van der Waals surface area contributed by atoms with E-state index in [1.54, 1.807) is 24.3 Å². The molecule has 7 heteroatoms. The van der Waals surface area contributed by atoms with Gasteiger partial charge >= 0.3 is 0 Å². The Hall–Kier alpha value is -0.470. The van der Waals surface area contributed by atoms with Crippen molar-refractivity contribution in [1.82, 2.24) is 4.72 Å². The Morgan fingerprint density at radius 2 is 1.90 bits per heavy atom. The van der Waals surface area contributed by atoms with Gasteiger partial charge in [0.1, 0.15) is 0 Å². The minimum atomic E-state index is -3.50. The Balaban J connectivity index is 2.55. The van der Waals surface area contributed by atoms with Crippen LogP contribution in [0.1, 0.15) is 20.3 Å². The summed E-state index contributed by atoms with van der Waals surface area (Å²) in [5.74, 6) is 0. The van der Waals surface area contributed by atoms with Gasteiger partial charge in [0.05, 0.1) is 4.90 Å². The van der Waals surface area contributed by atoms with Crippen LogP contribution in [0.2, 0.25) is 0 Å². The maximum Gasteiger partial charge on any atom is 0.240 e. The predicted octanol–water partition coefficient (Wildman–Crippen LogP) is 2.52. The highest BCUT2D eigenvalue weighted by molar-refractivity contribution is 9.10. The van der Waals surface area contributed by atoms with Gasteiger partial charge in [0.2, 0.25) is 10.0 Å². The van der Waals surface area contributed by atoms with Gasteiger partial charge < -0.3 is 9.47 Å². The number of nitrogens with one attached hydrogen (secondary N) is 1. The van der Waals surface area contributed by atoms with Crippen molar-refractivity contribution in [2.75, 3.05) is 19.8 Å². The van der Waals surface area contributed by atoms with E-state index in [1.165, 1.54) is 0 Å². The van der Waals surface area contributed by atoms with Crippen LogP contribution in [0.5, 0.6) is 0 Å². The molecule has 0 heterocycles. The average Bonchev–Trinajstić information content (AvgIpc) is 2.39. The lowest BCUT2D eigenvalue weighted by Gasteiger charge is -2.17. The van der Waals surface area contributed by atoms with Crippen LogP contribution < -0.4 is 4.72 Å². The first-order chi connectivity index (χ1) is 9.49. The van der Waals surface area contributed by atoms with Crippen LogP contribution in [-0.4, -0.2) is 34.5 Å². The highest BCUT2D eigenvalue weighted by atomic mass is 79.9. The van der Waals surface area contributed by atoms with E-state index in [9.17, 15) is 8.42 Å². The molecule has 0 aliphatic rings. The normalized spacial score (nSPS) is 12.0. The second-order valence-electron chi connectivity index (χ2n) is 3.98. The summed E-state index contributed by atoms with van der Waals surface area (Å²) in [4.78, 5) is 0.233. The van der Waals surface area contributed by atoms with Gasteiger partial charge in [0.25, 0.3) is 0 Å². The molecule has 1 aromatic rings. The quantitative estimate of drug-likeness (QED) is 0.682. The minimum absolute atomic E-state index is 0.233. The van der Waals surface area contributed by atoms with E-state index in [0.717, 1.165) is 4.47 Å². The summed E-state index contributed by atoms with van der Waals surface area (Å²) in [6, 6.07) is 6.57. The van der Waals surface area contributed by atoms with Crippen LogP contribution in [-0.2, 0) is 19.5 Å². The van der Waals surface area contributed by atoms with Crippen molar-refractivity contribution in [3.05, 3.63) is 28.7 Å². The second-order valence-corrected chi connectivity index (χ2v) is 6.67. The van der Waals surface area contributed by atoms with Crippen molar-refractivity contribution in [2.24, 2.45) is 0 Å². The van der Waals surface area contributed by atoms with Crippen molar-refractivity contribution < 1.29 is 17.9 Å². The topological polar surface area (TPSA) is 64.6 Å². The van der Waals surface area contributed by atoms with Gasteiger partial charge in [-0.15, -0.1) is 0 Å². The molecule has 0 bridgehead atoms. The molecule has 1 aromatic carbocycles. The zero-order valence-electron chi connectivity index (χ0n) is 11.6. The molecule has 0 unspecified atom stereocenters. The predicted molar refractivity (Wildman–Crippen MR) is 81.0 cm³/mol. The first-order valence-electron chi connectivity index (χ1n) is 6.48. The number of hydrogen-bond acceptors (Lipinski definition) is 4. The van der Waals surface area contributed by atoms with Crippen LogP contribution in [0.4, 0.5) is 0 Å². The smallest absolute Gasteiger partial charge is 0.240 e. The molecule has 114 valence electrons. The number of rotatable bonds is 9. The molecule has 0 aliphatic heterocycles. The molecule has 0 saturated carbocycles. The van der Waals surface area contributed by atoms with E-state index in [-0.39, 0.29) is 17.7 Å². The molecule has 1 N–H and O–H groups in total. The summed E-state index contributed by atoms with van der Waals surface area (Å²) in [6.07, 6.45) is 0.0877. The molecule has 0 saturated heterocycles. The zero-order valence-corrected chi connectivity index (χ0v) is 14.0. The Morgan fingerprint density at radius 3 is 2.45 bits per heavy atom. The highest BCUT2D eigenvalue weighted by Crippen LogP contribution is 2.15. The van der Waals surface area contributed by atoms with E-state index in [0.29, 0.717) is 19.6 Å². The summed E-state index contributed by atoms with van der Waals surface area (Å²) in [5, 5.41) is 0. The zero-order chi connectivity index (χ0) is 15.0. The number of halogens is 1. The van der Waals surface area contributed by atoms with Gasteiger partial charge in [-0.1, -0.05) is 22.0 Å². The summed E-state index contributed by atoms with van der Waals surface area (Å²) < 4.78 is 38.1. The van der Waals surface area contributed by atoms with Crippen LogP contribution in [0.3, 0.4) is 0 Å². The van der Waals surface area contributed by atoms with Crippen molar-refractivity contribution in [2.45, 2.75) is 31.5 Å². The van der Waals surface area contributed by atoms with Gasteiger partial charge in [-0.25, -0.2) is 13.1 Å². The van der Waals surface area contributed by atoms with E-state index in [2.05, 4.69) is 20.7 Å². The van der Waals surface area contributed by atoms with Crippen LogP contribution >= 0.6 is 15.9 Å². The average molecular weight is 366 g/mol. The maximum atomic E-state index is 12.1. The number of benzene rings is 1. The fraction of sp³-hybridized carbons (Fsp3) is 0.538. The van der Waals surface area contributed by atoms with Gasteiger partial charge in [0, 0.05) is 30.7 Å². The Labute approximate surface area is 128 Å². The van der Waals surface area contributed by atoms with E-state index in [4.69, 9.17) is 9.47 Å². The lowest BCUT2D eigenvalue weighted by Crippen LogP contribution is -2.29. The molecular weight excluding hydrogens is 346 g/mol. The van der Waals surface area contributed by atoms with Crippen LogP contribution in [0.15, 0.2) is 33.6 Å². The minimum Gasteiger partial charge on any atom is -0.353 e. The third-order valence-corrected chi connectivity index (χ3v) is 4.44. The van der Waals surface area contributed by atoms with Gasteiger partial charge in [-0.05, 0) is 32.0 Å². The van der Waals surface area contributed by atoms with Crippen molar-refractivity contribution in [1.29, 1.82) is 0 Å². The van der Waals surface area contributed by atoms with Crippen LogP contribution in [0.25, 0.3) is 0 Å². The standard InChI is InChI=1S/C13H20BrNO4S/c1-3-18-13(19-4-2)8-9-15-20(16,17)12-7-5-6-11(14)10-12/h5-7,10,13,15H,3-4,8-9H2,1-2H3. The Morgan fingerprint density at radius 1 is 1.25 bits per heavy atom. The van der Waals surface area contributed by atoms with E-state index >= 15 is 0 Å². The fourth-order valence-electron chi connectivity index (χ4n) is 1.62. The Kier molecular flexibility index (Phi) is 7.68. The monoisotopic (exact) mass is 365 g/mol. The van der Waals surface area contributed by atoms with Gasteiger partial charge in [0.15, 0.2) is 6.29 Å². The third-order valence-electron chi connectivity index (χ3n) is 2.48. The molecule has 5 nitrogen and oxygen atoms in total. The largest absolute Gasteiger partial charge is 0.353 e. The van der Waals surface area contributed by atoms with Gasteiger partial charge in [-0.3, -0.25) is 0 Å². The molecule has 1 rings (SSSR count). The van der Waals surface area contributed by atoms with Gasteiger partial charge in [-0.2, -0.15) is 0 Å². The molecule has 20 heavy (non-hydrogen) atoms. The lowest BCUT2D eigenvalue weighted by molar-refractivity contribution is -0.138. The van der Waals surface area contributed by atoms with Crippen LogP contribution in [0, 0.1) is 0 Å². The summed E-state index contributed by atoms with van der Waals surface area (Å²) in [7, 11) is -3.50. The second kappa shape index (κ2) is 8.74. The fourth-order valence-corrected chi connectivity index (χ4v) is 3.26. The van der Waals surface area contributed by atoms with E-state index in [1.807, 2.05) is 13.8 Å². The van der Waals surface area contributed by atoms with Crippen molar-refractivity contribution in [3.8, 4) is 0 Å². The SMILES string of the molecule is CCOC(CCNS(=O)(=O)c1cccc(Br)c1)OCC. The molecule has 0 atom stereocenters. The summed E-state index contributed by atoms with van der Waals surface area (Å²) >= 11 is 3.25. The summed E-state index contributed by atoms with van der Waals surface area (Å²) in [5.41, 5.74) is 0. The molecule has 0 aliphatic carbocycles. The van der Waals surface area contributed by atoms with E-state index < -0.39 is 10.0 Å². The first-order valence-corrected chi connectivity index (χ1v) is 8.75. The molecule has 0 amide bonds. The highest BCUT2D eigenvalue weighted by Gasteiger charge is 2.15. The molecule has 0 aromatic heterocycles. The Bertz CT molecular complexity index is 501. The maximum absolute atomic E-state index is 12.1. The third kappa shape index (κ3) is 5.88. The lowest BCUT2D eigenvalue weighted by atomic mass is 10.4. The first kappa shape index (κ1) is 17.6. The number of sulfonamides is 1. The molecule has 0 spiro atoms. The molecule has 0 fully saturated rings. The molecule has 0 radical (unpaired) electrons. The van der Waals surface area contributed by atoms with Crippen molar-refractivity contribution in [3.63, 3.8) is 0 Å². The number of hydrogen-bond donors (Lipinski definition) is 1. The summed E-state index contributed by atoms with van der Waals surface area (Å²) in [6.45, 7) is 5.07. The van der Waals surface area contributed by atoms with Crippen molar-refractivity contribution >= 4 is 26.0 Å². The molecular formula is C13H20BrNO4S. The number of ether oxygens (including phenoxy) is 2.